The van der Waals surface area contributed by atoms with Gasteiger partial charge in [-0.05, 0) is 73.5 Å². The van der Waals surface area contributed by atoms with E-state index in [9.17, 15) is 9.59 Å². The lowest BCUT2D eigenvalue weighted by molar-refractivity contribution is -0.118. The molecule has 48 heavy (non-hydrogen) atoms. The second-order valence-corrected chi connectivity index (χ2v) is 12.7. The lowest BCUT2D eigenvalue weighted by Crippen LogP contribution is -2.27. The molecule has 1 heterocycles. The number of carbonyl (C=O) groups is 2. The third kappa shape index (κ3) is 12.4. The zero-order valence-electron chi connectivity index (χ0n) is 29.0. The van der Waals surface area contributed by atoms with Crippen molar-refractivity contribution in [3.63, 3.8) is 0 Å². The minimum absolute atomic E-state index is 0.0869. The summed E-state index contributed by atoms with van der Waals surface area (Å²) >= 11 is 0. The van der Waals surface area contributed by atoms with Crippen LogP contribution >= 0.6 is 0 Å². The van der Waals surface area contributed by atoms with Gasteiger partial charge in [-0.1, -0.05) is 127 Å². The average molecular weight is 648 g/mol. The zero-order valence-corrected chi connectivity index (χ0v) is 29.0. The zero-order chi connectivity index (χ0) is 33.8. The maximum absolute atomic E-state index is 12.9. The van der Waals surface area contributed by atoms with Crippen LogP contribution in [0.1, 0.15) is 120 Å². The molecule has 4 rings (SSSR count). The molecule has 0 aliphatic carbocycles. The molecule has 1 aliphatic heterocycles. The Morgan fingerprint density at radius 3 is 1.96 bits per heavy atom. The highest BCUT2D eigenvalue weighted by Crippen LogP contribution is 2.24. The van der Waals surface area contributed by atoms with Gasteiger partial charge in [0.05, 0.1) is 23.7 Å². The van der Waals surface area contributed by atoms with Gasteiger partial charge in [0, 0.05) is 11.8 Å². The van der Waals surface area contributed by atoms with Crippen molar-refractivity contribution in [2.24, 2.45) is 16.0 Å². The van der Waals surface area contributed by atoms with Crippen molar-refractivity contribution >= 4 is 41.1 Å². The SMILES string of the molecule is CCCCCCCCCCCCCCCCOc1ccc(/C=C/C(=O)c2ccc(N=CC3C(=O)N(c4ccccc4)N=C3C)cc2)cc1. The minimum Gasteiger partial charge on any atom is -0.494 e. The molecule has 0 saturated heterocycles. The molecule has 0 bridgehead atoms. The summed E-state index contributed by atoms with van der Waals surface area (Å²) in [5.74, 6) is 0.119. The van der Waals surface area contributed by atoms with Crippen LogP contribution in [-0.2, 0) is 4.79 Å². The van der Waals surface area contributed by atoms with Gasteiger partial charge in [-0.2, -0.15) is 10.1 Å². The van der Waals surface area contributed by atoms with Crippen molar-refractivity contribution in [1.82, 2.24) is 0 Å². The Bertz CT molecular complexity index is 1480. The fourth-order valence-corrected chi connectivity index (χ4v) is 5.81. The molecule has 6 nitrogen and oxygen atoms in total. The number of hydrogen-bond acceptors (Lipinski definition) is 5. The number of hydrazone groups is 1. The van der Waals surface area contributed by atoms with Gasteiger partial charge in [0.25, 0.3) is 5.91 Å². The topological polar surface area (TPSA) is 71.3 Å². The quantitative estimate of drug-likeness (QED) is 0.0471. The number of unbranched alkanes of at least 4 members (excludes halogenated alkanes) is 13. The van der Waals surface area contributed by atoms with Gasteiger partial charge in [-0.25, -0.2) is 0 Å². The van der Waals surface area contributed by atoms with E-state index < -0.39 is 5.92 Å². The van der Waals surface area contributed by atoms with Crippen molar-refractivity contribution < 1.29 is 14.3 Å². The summed E-state index contributed by atoms with van der Waals surface area (Å²) in [4.78, 5) is 30.2. The van der Waals surface area contributed by atoms with Gasteiger partial charge in [0.15, 0.2) is 5.78 Å². The van der Waals surface area contributed by atoms with Crippen molar-refractivity contribution in [2.75, 3.05) is 11.6 Å². The molecule has 0 N–H and O–H groups in total. The first-order valence-electron chi connectivity index (χ1n) is 18.1. The van der Waals surface area contributed by atoms with E-state index in [4.69, 9.17) is 4.74 Å². The molecule has 1 unspecified atom stereocenters. The van der Waals surface area contributed by atoms with E-state index in [-0.39, 0.29) is 11.7 Å². The number of amides is 1. The summed E-state index contributed by atoms with van der Waals surface area (Å²) in [6.45, 7) is 4.84. The Hall–Kier alpha value is -4.32. The lowest BCUT2D eigenvalue weighted by atomic mass is 10.0. The number of nitrogens with zero attached hydrogens (tertiary/aromatic N) is 3. The molecule has 0 saturated carbocycles. The number of rotatable bonds is 22. The number of hydrogen-bond donors (Lipinski definition) is 0. The molecule has 0 aromatic heterocycles. The standard InChI is InChI=1S/C42H53N3O3/c1-3-4-5-6-7-8-9-10-11-12-13-14-15-19-32-48-39-29-22-35(23-30-39)24-31-41(46)36-25-27-37(28-26-36)43-33-40-34(2)44-45(42(40)47)38-20-17-16-18-21-38/h16-18,20-31,33,40H,3-15,19,32H2,1-2H3/b31-24+,43-33?. The lowest BCUT2D eigenvalue weighted by Gasteiger charge is -2.12. The second-order valence-electron chi connectivity index (χ2n) is 12.7. The normalized spacial score (nSPS) is 14.7. The van der Waals surface area contributed by atoms with Crippen molar-refractivity contribution in [1.29, 1.82) is 0 Å². The summed E-state index contributed by atoms with van der Waals surface area (Å²) in [5.41, 5.74) is 3.60. The maximum atomic E-state index is 12.9. The first-order valence-corrected chi connectivity index (χ1v) is 18.1. The van der Waals surface area contributed by atoms with Gasteiger partial charge < -0.3 is 4.74 Å². The fourth-order valence-electron chi connectivity index (χ4n) is 5.81. The third-order valence-electron chi connectivity index (χ3n) is 8.78. The van der Waals surface area contributed by atoms with E-state index in [0.717, 1.165) is 30.0 Å². The molecule has 0 spiro atoms. The Labute approximate surface area is 288 Å². The van der Waals surface area contributed by atoms with E-state index >= 15 is 0 Å². The molecule has 3 aromatic rings. The van der Waals surface area contributed by atoms with Crippen LogP contribution < -0.4 is 9.75 Å². The molecule has 6 heteroatoms. The van der Waals surface area contributed by atoms with Crippen LogP contribution in [0.3, 0.4) is 0 Å². The number of benzene rings is 3. The van der Waals surface area contributed by atoms with Crippen molar-refractivity contribution in [3.05, 3.63) is 96.1 Å². The van der Waals surface area contributed by atoms with Crippen LogP contribution in [0.2, 0.25) is 0 Å². The summed E-state index contributed by atoms with van der Waals surface area (Å²) in [6, 6.07) is 24.3. The number of ketones is 1. The number of ether oxygens (including phenoxy) is 1. The number of aliphatic imine (C=N–C) groups is 1. The molecule has 1 atom stereocenters. The van der Waals surface area contributed by atoms with Gasteiger partial charge in [0.1, 0.15) is 11.7 Å². The van der Waals surface area contributed by atoms with Crippen LogP contribution in [0.15, 0.2) is 95.0 Å². The predicted octanol–water partition coefficient (Wildman–Crippen LogP) is 11.2. The summed E-state index contributed by atoms with van der Waals surface area (Å²) < 4.78 is 5.93. The Kier molecular flexibility index (Phi) is 15.8. The summed E-state index contributed by atoms with van der Waals surface area (Å²) in [7, 11) is 0. The van der Waals surface area contributed by atoms with E-state index in [1.807, 2.05) is 67.6 Å². The predicted molar refractivity (Wildman–Crippen MR) is 201 cm³/mol. The monoisotopic (exact) mass is 647 g/mol. The average Bonchev–Trinajstić information content (AvgIpc) is 3.41. The number of para-hydroxylation sites is 1. The molecule has 1 amide bonds. The molecule has 0 fully saturated rings. The highest BCUT2D eigenvalue weighted by molar-refractivity contribution is 6.23. The smallest absolute Gasteiger partial charge is 0.261 e. The summed E-state index contributed by atoms with van der Waals surface area (Å²) in [5, 5.41) is 5.83. The van der Waals surface area contributed by atoms with Crippen LogP contribution in [0.5, 0.6) is 5.75 Å². The van der Waals surface area contributed by atoms with Crippen LogP contribution in [0.25, 0.3) is 6.08 Å². The van der Waals surface area contributed by atoms with Crippen LogP contribution in [0.4, 0.5) is 11.4 Å². The Morgan fingerprint density at radius 1 is 0.771 bits per heavy atom. The fraction of sp³-hybridized carbons (Fsp3) is 0.429. The molecule has 254 valence electrons. The number of allylic oxidation sites excluding steroid dienone is 1. The largest absolute Gasteiger partial charge is 0.494 e. The van der Waals surface area contributed by atoms with E-state index in [1.165, 1.54) is 88.5 Å². The van der Waals surface area contributed by atoms with Gasteiger partial charge in [-0.15, -0.1) is 0 Å². The highest BCUT2D eigenvalue weighted by Gasteiger charge is 2.33. The first kappa shape index (κ1) is 36.5. The molecule has 3 aromatic carbocycles. The maximum Gasteiger partial charge on any atom is 0.261 e. The van der Waals surface area contributed by atoms with Crippen LogP contribution in [-0.4, -0.2) is 30.2 Å². The number of anilines is 1. The van der Waals surface area contributed by atoms with Crippen molar-refractivity contribution in [2.45, 2.75) is 104 Å². The third-order valence-corrected chi connectivity index (χ3v) is 8.78. The Morgan fingerprint density at radius 2 is 1.35 bits per heavy atom. The van der Waals surface area contributed by atoms with E-state index in [1.54, 1.807) is 36.6 Å². The van der Waals surface area contributed by atoms with E-state index in [0.29, 0.717) is 17.0 Å². The van der Waals surface area contributed by atoms with Gasteiger partial charge in [0.2, 0.25) is 0 Å². The highest BCUT2D eigenvalue weighted by atomic mass is 16.5. The van der Waals surface area contributed by atoms with E-state index in [2.05, 4.69) is 17.0 Å². The minimum atomic E-state index is -0.518. The van der Waals surface area contributed by atoms with Gasteiger partial charge >= 0.3 is 0 Å². The van der Waals surface area contributed by atoms with Crippen LogP contribution in [0, 0.1) is 5.92 Å². The molecular weight excluding hydrogens is 594 g/mol. The van der Waals surface area contributed by atoms with Gasteiger partial charge in [-0.3, -0.25) is 14.6 Å². The first-order chi connectivity index (χ1) is 23.5. The summed E-state index contributed by atoms with van der Waals surface area (Å²) in [6.07, 6.45) is 23.9. The Balaban J connectivity index is 1.09. The second kappa shape index (κ2) is 20.8. The molecular formula is C42H53N3O3. The molecule has 0 radical (unpaired) electrons. The van der Waals surface area contributed by atoms with Crippen molar-refractivity contribution in [3.8, 4) is 5.75 Å². The molecule has 1 aliphatic rings. The number of carbonyl (C=O) groups excluding carboxylic acids is 2.